The standard InChI is InChI=1S/C15H31N3O/c1-5-18(13-9-7-6-8-10-13)12(2)11-15(3,17-4)14(16)19/h12-13,17H,5-11H2,1-4H3,(H2,16,19). The second kappa shape index (κ2) is 7.25. The molecule has 0 aromatic heterocycles. The first-order chi connectivity index (χ1) is 8.94. The van der Waals surface area contributed by atoms with Crippen LogP contribution in [-0.2, 0) is 4.79 Å². The Bertz CT molecular complexity index is 289. The van der Waals surface area contributed by atoms with Crippen molar-refractivity contribution >= 4 is 5.91 Å². The number of likely N-dealkylation sites (N-methyl/N-ethyl adjacent to an activating group) is 1. The lowest BCUT2D eigenvalue weighted by molar-refractivity contribution is -0.124. The summed E-state index contributed by atoms with van der Waals surface area (Å²) in [5.41, 5.74) is 4.92. The molecular formula is C15H31N3O. The van der Waals surface area contributed by atoms with Crippen LogP contribution >= 0.6 is 0 Å². The molecule has 0 saturated heterocycles. The van der Waals surface area contributed by atoms with E-state index < -0.39 is 5.54 Å². The Labute approximate surface area is 118 Å². The van der Waals surface area contributed by atoms with Gasteiger partial charge in [-0.25, -0.2) is 0 Å². The van der Waals surface area contributed by atoms with E-state index in [4.69, 9.17) is 5.73 Å². The molecule has 0 aromatic rings. The molecule has 4 nitrogen and oxygen atoms in total. The minimum absolute atomic E-state index is 0.262. The molecule has 112 valence electrons. The highest BCUT2D eigenvalue weighted by Crippen LogP contribution is 2.26. The van der Waals surface area contributed by atoms with Crippen molar-refractivity contribution in [3.63, 3.8) is 0 Å². The molecule has 2 unspecified atom stereocenters. The largest absolute Gasteiger partial charge is 0.368 e. The Morgan fingerprint density at radius 1 is 1.42 bits per heavy atom. The molecule has 1 fully saturated rings. The predicted octanol–water partition coefficient (Wildman–Crippen LogP) is 1.88. The van der Waals surface area contributed by atoms with Gasteiger partial charge in [0.25, 0.3) is 0 Å². The third-order valence-electron chi connectivity index (χ3n) is 4.77. The Hall–Kier alpha value is -0.610. The summed E-state index contributed by atoms with van der Waals surface area (Å²) in [6, 6.07) is 1.06. The van der Waals surface area contributed by atoms with Crippen molar-refractivity contribution in [1.29, 1.82) is 0 Å². The Morgan fingerprint density at radius 3 is 2.42 bits per heavy atom. The highest BCUT2D eigenvalue weighted by Gasteiger charge is 2.34. The summed E-state index contributed by atoms with van der Waals surface area (Å²) in [6.45, 7) is 7.38. The lowest BCUT2D eigenvalue weighted by Crippen LogP contribution is -2.56. The molecule has 3 N–H and O–H groups in total. The number of amides is 1. The molecule has 0 bridgehead atoms. The fourth-order valence-electron chi connectivity index (χ4n) is 3.38. The zero-order chi connectivity index (χ0) is 14.5. The molecule has 0 spiro atoms. The molecule has 2 atom stereocenters. The van der Waals surface area contributed by atoms with Gasteiger partial charge in [-0.15, -0.1) is 0 Å². The maximum atomic E-state index is 11.6. The van der Waals surface area contributed by atoms with Crippen molar-refractivity contribution < 1.29 is 4.79 Å². The first kappa shape index (κ1) is 16.4. The molecule has 1 amide bonds. The molecular weight excluding hydrogens is 238 g/mol. The first-order valence-corrected chi connectivity index (χ1v) is 7.69. The van der Waals surface area contributed by atoms with Crippen LogP contribution in [0.2, 0.25) is 0 Å². The van der Waals surface area contributed by atoms with E-state index >= 15 is 0 Å². The van der Waals surface area contributed by atoms with Crippen LogP contribution in [0.15, 0.2) is 0 Å². The SMILES string of the molecule is CCN(C(C)CC(C)(NC)C(N)=O)C1CCCCC1. The molecule has 1 saturated carbocycles. The highest BCUT2D eigenvalue weighted by molar-refractivity contribution is 5.84. The topological polar surface area (TPSA) is 58.4 Å². The average molecular weight is 269 g/mol. The van der Waals surface area contributed by atoms with Crippen molar-refractivity contribution in [2.45, 2.75) is 76.9 Å². The van der Waals surface area contributed by atoms with Crippen LogP contribution < -0.4 is 11.1 Å². The van der Waals surface area contributed by atoms with Crippen molar-refractivity contribution in [1.82, 2.24) is 10.2 Å². The van der Waals surface area contributed by atoms with E-state index in [-0.39, 0.29) is 5.91 Å². The number of carbonyl (C=O) groups excluding carboxylic acids is 1. The number of hydrogen-bond acceptors (Lipinski definition) is 3. The normalized spacial score (nSPS) is 22.2. The Kier molecular flexibility index (Phi) is 6.27. The minimum atomic E-state index is -0.610. The second-order valence-corrected chi connectivity index (χ2v) is 6.12. The van der Waals surface area contributed by atoms with E-state index in [9.17, 15) is 4.79 Å². The number of rotatable bonds is 7. The molecule has 1 rings (SSSR count). The number of nitrogens with zero attached hydrogens (tertiary/aromatic N) is 1. The second-order valence-electron chi connectivity index (χ2n) is 6.12. The molecule has 4 heteroatoms. The van der Waals surface area contributed by atoms with E-state index in [0.717, 1.165) is 13.0 Å². The number of primary amides is 1. The van der Waals surface area contributed by atoms with E-state index in [1.807, 2.05) is 14.0 Å². The van der Waals surface area contributed by atoms with Gasteiger partial charge < -0.3 is 11.1 Å². The van der Waals surface area contributed by atoms with Crippen molar-refractivity contribution in [3.05, 3.63) is 0 Å². The number of carbonyl (C=O) groups is 1. The van der Waals surface area contributed by atoms with Crippen molar-refractivity contribution in [2.75, 3.05) is 13.6 Å². The molecule has 1 aliphatic rings. The monoisotopic (exact) mass is 269 g/mol. The van der Waals surface area contributed by atoms with Gasteiger partial charge in [-0.3, -0.25) is 9.69 Å². The van der Waals surface area contributed by atoms with Crippen LogP contribution in [0, 0.1) is 0 Å². The van der Waals surface area contributed by atoms with Crippen LogP contribution in [-0.4, -0.2) is 42.0 Å². The van der Waals surface area contributed by atoms with Gasteiger partial charge in [0.1, 0.15) is 0 Å². The summed E-state index contributed by atoms with van der Waals surface area (Å²) in [6.07, 6.45) is 7.41. The lowest BCUT2D eigenvalue weighted by Gasteiger charge is -2.40. The summed E-state index contributed by atoms with van der Waals surface area (Å²) in [4.78, 5) is 14.2. The smallest absolute Gasteiger partial charge is 0.237 e. The van der Waals surface area contributed by atoms with Gasteiger partial charge in [-0.1, -0.05) is 26.2 Å². The Balaban J connectivity index is 2.67. The Morgan fingerprint density at radius 2 is 2.00 bits per heavy atom. The third-order valence-corrected chi connectivity index (χ3v) is 4.77. The van der Waals surface area contributed by atoms with Crippen LogP contribution in [0.25, 0.3) is 0 Å². The third kappa shape index (κ3) is 4.18. The van der Waals surface area contributed by atoms with Gasteiger partial charge in [0.15, 0.2) is 0 Å². The first-order valence-electron chi connectivity index (χ1n) is 7.69. The summed E-state index contributed by atoms with van der Waals surface area (Å²) in [5.74, 6) is -0.262. The zero-order valence-electron chi connectivity index (χ0n) is 13.0. The molecule has 1 aliphatic carbocycles. The van der Waals surface area contributed by atoms with E-state index in [2.05, 4.69) is 24.1 Å². The average Bonchev–Trinajstić information content (AvgIpc) is 2.40. The minimum Gasteiger partial charge on any atom is -0.368 e. The predicted molar refractivity (Wildman–Crippen MR) is 80.0 cm³/mol. The molecule has 19 heavy (non-hydrogen) atoms. The van der Waals surface area contributed by atoms with E-state index in [0.29, 0.717) is 12.1 Å². The van der Waals surface area contributed by atoms with Gasteiger partial charge in [-0.2, -0.15) is 0 Å². The summed E-state index contributed by atoms with van der Waals surface area (Å²) in [7, 11) is 1.81. The molecule has 0 heterocycles. The highest BCUT2D eigenvalue weighted by atomic mass is 16.1. The molecule has 0 aliphatic heterocycles. The number of nitrogens with one attached hydrogen (secondary N) is 1. The van der Waals surface area contributed by atoms with Gasteiger partial charge in [0, 0.05) is 12.1 Å². The maximum absolute atomic E-state index is 11.6. The number of nitrogens with two attached hydrogens (primary N) is 1. The van der Waals surface area contributed by atoms with Crippen LogP contribution in [0.5, 0.6) is 0 Å². The van der Waals surface area contributed by atoms with Gasteiger partial charge >= 0.3 is 0 Å². The van der Waals surface area contributed by atoms with Gasteiger partial charge in [0.05, 0.1) is 5.54 Å². The number of hydrogen-bond donors (Lipinski definition) is 2. The van der Waals surface area contributed by atoms with Crippen LogP contribution in [0.3, 0.4) is 0 Å². The van der Waals surface area contributed by atoms with E-state index in [1.165, 1.54) is 32.1 Å². The zero-order valence-corrected chi connectivity index (χ0v) is 13.0. The summed E-state index contributed by atoms with van der Waals surface area (Å²) >= 11 is 0. The van der Waals surface area contributed by atoms with Crippen molar-refractivity contribution in [3.8, 4) is 0 Å². The van der Waals surface area contributed by atoms with Crippen LogP contribution in [0.4, 0.5) is 0 Å². The summed E-state index contributed by atoms with van der Waals surface area (Å²) < 4.78 is 0. The summed E-state index contributed by atoms with van der Waals surface area (Å²) in [5, 5.41) is 3.09. The van der Waals surface area contributed by atoms with Gasteiger partial charge in [0.2, 0.25) is 5.91 Å². The fourth-order valence-corrected chi connectivity index (χ4v) is 3.38. The van der Waals surface area contributed by atoms with Crippen LogP contribution in [0.1, 0.15) is 59.3 Å². The molecule has 0 aromatic carbocycles. The maximum Gasteiger partial charge on any atom is 0.237 e. The van der Waals surface area contributed by atoms with Crippen molar-refractivity contribution in [2.24, 2.45) is 5.73 Å². The quantitative estimate of drug-likeness (QED) is 0.742. The molecule has 0 radical (unpaired) electrons. The van der Waals surface area contributed by atoms with Gasteiger partial charge in [-0.05, 0) is 46.7 Å². The lowest BCUT2D eigenvalue weighted by atomic mass is 9.89. The fraction of sp³-hybridized carbons (Fsp3) is 0.933. The van der Waals surface area contributed by atoms with E-state index in [1.54, 1.807) is 0 Å².